The minimum atomic E-state index is -1.27. The Morgan fingerprint density at radius 2 is 1.83 bits per heavy atom. The molecule has 0 aliphatic carbocycles. The predicted octanol–water partition coefficient (Wildman–Crippen LogP) is 2.83. The van der Waals surface area contributed by atoms with Crippen LogP contribution in [0.2, 0.25) is 0 Å². The Labute approximate surface area is 178 Å². The van der Waals surface area contributed by atoms with Crippen LogP contribution >= 0.6 is 12.6 Å². The number of methoxy groups -OCH3 is 2. The van der Waals surface area contributed by atoms with E-state index in [1.54, 1.807) is 18.2 Å². The van der Waals surface area contributed by atoms with Crippen molar-refractivity contribution in [3.63, 3.8) is 0 Å². The van der Waals surface area contributed by atoms with Gasteiger partial charge in [0.1, 0.15) is 0 Å². The Hall–Kier alpha value is -3.27. The molecule has 2 aromatic carbocycles. The number of ether oxygens (including phenoxy) is 3. The van der Waals surface area contributed by atoms with E-state index in [1.807, 2.05) is 0 Å². The molecule has 0 bridgehead atoms. The van der Waals surface area contributed by atoms with E-state index in [4.69, 9.17) is 14.2 Å². The Bertz CT molecular complexity index is 903. The number of carbonyl (C=O) groups is 2. The fourth-order valence-electron chi connectivity index (χ4n) is 2.69. The number of esters is 1. The number of nitrogens with zero attached hydrogens (tertiary/aromatic N) is 1. The molecule has 160 valence electrons. The molecule has 0 radical (unpaired) electrons. The number of carbonyl (C=O) groups excluding carboxylic acids is 2. The topological polar surface area (TPSA) is 117 Å². The lowest BCUT2D eigenvalue weighted by molar-refractivity contribution is -0.384. The maximum Gasteiger partial charge on any atom is 0.307 e. The van der Waals surface area contributed by atoms with Crippen LogP contribution in [-0.2, 0) is 20.9 Å². The summed E-state index contributed by atoms with van der Waals surface area (Å²) in [5.74, 6) is 0.0494. The summed E-state index contributed by atoms with van der Waals surface area (Å²) in [5, 5.41) is 13.6. The summed E-state index contributed by atoms with van der Waals surface area (Å²) in [6, 6.07) is 10.5. The Balaban J connectivity index is 2.22. The SMILES string of the molecule is COc1cccc(CNC(=O)[C@@H](OC(=O)CCS)c2ccc([N+](=O)[O-])cc2)c1OC. The van der Waals surface area contributed by atoms with Crippen molar-refractivity contribution in [2.24, 2.45) is 0 Å². The van der Waals surface area contributed by atoms with Gasteiger partial charge in [-0.25, -0.2) is 0 Å². The van der Waals surface area contributed by atoms with Gasteiger partial charge in [-0.05, 0) is 18.2 Å². The average molecular weight is 434 g/mol. The van der Waals surface area contributed by atoms with Crippen molar-refractivity contribution in [1.29, 1.82) is 0 Å². The third kappa shape index (κ3) is 5.86. The number of nitro groups is 1. The molecule has 10 heteroatoms. The van der Waals surface area contributed by atoms with Crippen LogP contribution in [0.1, 0.15) is 23.7 Å². The Morgan fingerprint density at radius 3 is 2.40 bits per heavy atom. The minimum Gasteiger partial charge on any atom is -0.493 e. The van der Waals surface area contributed by atoms with Crippen molar-refractivity contribution in [3.8, 4) is 11.5 Å². The van der Waals surface area contributed by atoms with Crippen LogP contribution in [0.15, 0.2) is 42.5 Å². The maximum absolute atomic E-state index is 12.8. The first-order valence-corrected chi connectivity index (χ1v) is 9.56. The monoisotopic (exact) mass is 434 g/mol. The van der Waals surface area contributed by atoms with Gasteiger partial charge in [-0.1, -0.05) is 12.1 Å². The summed E-state index contributed by atoms with van der Waals surface area (Å²) < 4.78 is 15.9. The molecule has 1 atom stereocenters. The number of benzene rings is 2. The fraction of sp³-hybridized carbons (Fsp3) is 0.300. The summed E-state index contributed by atoms with van der Waals surface area (Å²) in [4.78, 5) is 35.1. The number of amides is 1. The van der Waals surface area contributed by atoms with Crippen LogP contribution in [0.5, 0.6) is 11.5 Å². The van der Waals surface area contributed by atoms with E-state index >= 15 is 0 Å². The molecule has 1 N–H and O–H groups in total. The third-order valence-electron chi connectivity index (χ3n) is 4.15. The molecule has 0 heterocycles. The van der Waals surface area contributed by atoms with Crippen molar-refractivity contribution >= 4 is 30.2 Å². The zero-order chi connectivity index (χ0) is 22.1. The fourth-order valence-corrected chi connectivity index (χ4v) is 2.88. The van der Waals surface area contributed by atoms with Crippen LogP contribution < -0.4 is 14.8 Å². The van der Waals surface area contributed by atoms with Crippen molar-refractivity contribution in [2.75, 3.05) is 20.0 Å². The highest BCUT2D eigenvalue weighted by molar-refractivity contribution is 7.80. The minimum absolute atomic E-state index is 0.0174. The summed E-state index contributed by atoms with van der Waals surface area (Å²) >= 11 is 3.99. The van der Waals surface area contributed by atoms with Crippen molar-refractivity contribution in [2.45, 2.75) is 19.1 Å². The predicted molar refractivity (Wildman–Crippen MR) is 112 cm³/mol. The first kappa shape index (κ1) is 23.0. The van der Waals surface area contributed by atoms with Crippen LogP contribution in [0.25, 0.3) is 0 Å². The molecular weight excluding hydrogens is 412 g/mol. The number of non-ortho nitro benzene ring substituents is 1. The highest BCUT2D eigenvalue weighted by Crippen LogP contribution is 2.30. The van der Waals surface area contributed by atoms with E-state index < -0.39 is 22.9 Å². The van der Waals surface area contributed by atoms with E-state index in [0.29, 0.717) is 22.6 Å². The van der Waals surface area contributed by atoms with E-state index in [2.05, 4.69) is 17.9 Å². The standard InChI is InChI=1S/C20H22N2O7S/c1-27-16-5-3-4-14(18(16)28-2)12-21-20(24)19(29-17(23)10-11-30)13-6-8-15(9-7-13)22(25)26/h3-9,19,30H,10-12H2,1-2H3,(H,21,24)/t19-/m0/s1. The van der Waals surface area contributed by atoms with Gasteiger partial charge in [0.05, 0.1) is 25.6 Å². The molecule has 1 amide bonds. The van der Waals surface area contributed by atoms with Crippen molar-refractivity contribution in [1.82, 2.24) is 5.32 Å². The smallest absolute Gasteiger partial charge is 0.307 e. The molecule has 0 fully saturated rings. The highest BCUT2D eigenvalue weighted by Gasteiger charge is 2.26. The van der Waals surface area contributed by atoms with Crippen LogP contribution in [-0.4, -0.2) is 36.8 Å². The van der Waals surface area contributed by atoms with E-state index in [9.17, 15) is 19.7 Å². The zero-order valence-corrected chi connectivity index (χ0v) is 17.4. The second-order valence-corrected chi connectivity index (χ2v) is 6.51. The van der Waals surface area contributed by atoms with Crippen LogP contribution in [0, 0.1) is 10.1 Å². The average Bonchev–Trinajstić information content (AvgIpc) is 2.75. The largest absolute Gasteiger partial charge is 0.493 e. The van der Waals surface area contributed by atoms with Gasteiger partial charge in [-0.15, -0.1) is 0 Å². The summed E-state index contributed by atoms with van der Waals surface area (Å²) in [7, 11) is 2.99. The van der Waals surface area contributed by atoms with Crippen LogP contribution in [0.3, 0.4) is 0 Å². The molecule has 2 rings (SSSR count). The lowest BCUT2D eigenvalue weighted by atomic mass is 10.1. The Morgan fingerprint density at radius 1 is 1.13 bits per heavy atom. The molecule has 0 saturated heterocycles. The molecule has 2 aromatic rings. The van der Waals surface area contributed by atoms with Gasteiger partial charge >= 0.3 is 5.97 Å². The van der Waals surface area contributed by atoms with E-state index in [0.717, 1.165) is 0 Å². The number of hydrogen-bond acceptors (Lipinski definition) is 8. The third-order valence-corrected chi connectivity index (χ3v) is 4.37. The van der Waals surface area contributed by atoms with Gasteiger partial charge in [0.15, 0.2) is 11.5 Å². The van der Waals surface area contributed by atoms with E-state index in [-0.39, 0.29) is 24.4 Å². The molecule has 0 aromatic heterocycles. The number of hydrogen-bond donors (Lipinski definition) is 2. The molecular formula is C20H22N2O7S. The number of thiol groups is 1. The summed E-state index contributed by atoms with van der Waals surface area (Å²) in [5.41, 5.74) is 0.832. The van der Waals surface area contributed by atoms with Gasteiger partial charge in [0.25, 0.3) is 11.6 Å². The highest BCUT2D eigenvalue weighted by atomic mass is 32.1. The first-order chi connectivity index (χ1) is 14.4. The molecule has 0 saturated carbocycles. The zero-order valence-electron chi connectivity index (χ0n) is 16.5. The van der Waals surface area contributed by atoms with Gasteiger partial charge in [-0.3, -0.25) is 19.7 Å². The van der Waals surface area contributed by atoms with Gasteiger partial charge in [0, 0.05) is 35.6 Å². The number of nitro benzene ring substituents is 1. The lowest BCUT2D eigenvalue weighted by Gasteiger charge is -2.19. The second kappa shape index (κ2) is 11.1. The van der Waals surface area contributed by atoms with Gasteiger partial charge in [-0.2, -0.15) is 12.6 Å². The number of nitrogens with one attached hydrogen (secondary N) is 1. The summed E-state index contributed by atoms with van der Waals surface area (Å²) in [6.45, 7) is 0.0901. The molecule has 0 spiro atoms. The Kier molecular flexibility index (Phi) is 8.48. The normalized spacial score (nSPS) is 11.3. The molecule has 0 aliphatic heterocycles. The number of para-hydroxylation sites is 1. The lowest BCUT2D eigenvalue weighted by Crippen LogP contribution is -2.32. The molecule has 30 heavy (non-hydrogen) atoms. The molecule has 0 unspecified atom stereocenters. The number of rotatable bonds is 10. The summed E-state index contributed by atoms with van der Waals surface area (Å²) in [6.07, 6.45) is -1.25. The van der Waals surface area contributed by atoms with Gasteiger partial charge < -0.3 is 19.5 Å². The van der Waals surface area contributed by atoms with Crippen molar-refractivity contribution < 1.29 is 28.7 Å². The van der Waals surface area contributed by atoms with Crippen LogP contribution in [0.4, 0.5) is 5.69 Å². The van der Waals surface area contributed by atoms with Gasteiger partial charge in [0.2, 0.25) is 6.10 Å². The maximum atomic E-state index is 12.8. The first-order valence-electron chi connectivity index (χ1n) is 8.93. The quantitative estimate of drug-likeness (QED) is 0.256. The molecule has 9 nitrogen and oxygen atoms in total. The second-order valence-electron chi connectivity index (χ2n) is 6.06. The molecule has 0 aliphatic rings. The van der Waals surface area contributed by atoms with E-state index in [1.165, 1.54) is 38.5 Å². The van der Waals surface area contributed by atoms with Crippen molar-refractivity contribution in [3.05, 3.63) is 63.7 Å².